The number of ether oxygens (including phenoxy) is 2. The van der Waals surface area contributed by atoms with Gasteiger partial charge in [0.05, 0.1) is 43.3 Å². The van der Waals surface area contributed by atoms with Gasteiger partial charge in [-0.15, -0.1) is 0 Å². The number of carbonyl (C=O) groups is 1. The molecule has 1 aliphatic carbocycles. The molecule has 0 unspecified atom stereocenters. The fourth-order valence-corrected chi connectivity index (χ4v) is 4.42. The van der Waals surface area contributed by atoms with Crippen molar-refractivity contribution in [1.82, 2.24) is 9.55 Å². The molecule has 0 aromatic carbocycles. The first-order valence-corrected chi connectivity index (χ1v) is 9.94. The van der Waals surface area contributed by atoms with Crippen LogP contribution in [0.1, 0.15) is 48.1 Å². The third kappa shape index (κ3) is 2.62. The van der Waals surface area contributed by atoms with Crippen LogP contribution in [0.15, 0.2) is 17.2 Å². The maximum atomic E-state index is 13.0. The minimum absolute atomic E-state index is 0.0457. The number of hydrogen-bond acceptors (Lipinski definition) is 7. The van der Waals surface area contributed by atoms with Gasteiger partial charge in [-0.25, -0.2) is 9.78 Å². The summed E-state index contributed by atoms with van der Waals surface area (Å²) in [4.78, 5) is 32.1. The van der Waals surface area contributed by atoms with Gasteiger partial charge in [0, 0.05) is 30.4 Å². The third-order valence-corrected chi connectivity index (χ3v) is 6.00. The highest BCUT2D eigenvalue weighted by atomic mass is 16.5. The lowest BCUT2D eigenvalue weighted by molar-refractivity contribution is 0.0524. The van der Waals surface area contributed by atoms with E-state index in [1.54, 1.807) is 19.3 Å². The van der Waals surface area contributed by atoms with Crippen LogP contribution in [0.5, 0.6) is 0 Å². The molecule has 2 aromatic heterocycles. The predicted octanol–water partition coefficient (Wildman–Crippen LogP) is 1.34. The average Bonchev–Trinajstić information content (AvgIpc) is 3.48. The molecule has 2 aromatic rings. The molecular weight excluding hydrogens is 360 g/mol. The molecule has 0 radical (unpaired) electrons. The molecule has 1 saturated heterocycles. The van der Waals surface area contributed by atoms with Gasteiger partial charge in [-0.2, -0.15) is 0 Å². The molecule has 3 aliphatic rings. The number of pyridine rings is 2. The highest BCUT2D eigenvalue weighted by Crippen LogP contribution is 2.40. The van der Waals surface area contributed by atoms with Crippen LogP contribution in [-0.2, 0) is 16.1 Å². The zero-order valence-corrected chi connectivity index (χ0v) is 15.9. The molecule has 0 amide bonds. The van der Waals surface area contributed by atoms with Gasteiger partial charge < -0.3 is 24.7 Å². The first-order valence-electron chi connectivity index (χ1n) is 9.94. The number of rotatable bonds is 3. The van der Waals surface area contributed by atoms with E-state index in [1.807, 2.05) is 4.57 Å². The maximum Gasteiger partial charge on any atom is 0.343 e. The molecular formula is C20H24N4O4. The van der Waals surface area contributed by atoms with Crippen LogP contribution in [0, 0.1) is 0 Å². The average molecular weight is 384 g/mol. The molecule has 0 spiro atoms. The standard InChI is InChI=1S/C20H24N4O4/c1-2-28-20(26)12-8-24(11-3-4-11)18-13-9-27-10-16-14(21)5-6-23(16)15(13)7-22-17(18)19(12)25/h7-8,11,14,16H,2-6,9-10,21H2,1H3/t14-,16-/m1/s1. The van der Waals surface area contributed by atoms with Crippen LogP contribution >= 0.6 is 0 Å². The van der Waals surface area contributed by atoms with Crippen LogP contribution in [0.4, 0.5) is 5.69 Å². The lowest BCUT2D eigenvalue weighted by Gasteiger charge is -2.27. The Labute approximate surface area is 162 Å². The fraction of sp³-hybridized carbons (Fsp3) is 0.550. The van der Waals surface area contributed by atoms with Crippen LogP contribution in [0.25, 0.3) is 11.0 Å². The normalized spacial score (nSPS) is 24.0. The van der Waals surface area contributed by atoms with E-state index in [1.165, 1.54) is 0 Å². The van der Waals surface area contributed by atoms with Crippen LogP contribution in [0.3, 0.4) is 0 Å². The number of esters is 1. The summed E-state index contributed by atoms with van der Waals surface area (Å²) in [6.07, 6.45) is 6.33. The van der Waals surface area contributed by atoms with Crippen LogP contribution in [-0.4, -0.2) is 47.4 Å². The minimum atomic E-state index is -0.595. The Bertz CT molecular complexity index is 1010. The Morgan fingerprint density at radius 3 is 2.96 bits per heavy atom. The minimum Gasteiger partial charge on any atom is -0.462 e. The molecule has 1 saturated carbocycles. The SMILES string of the molecule is CCOC(=O)c1cn(C2CC2)c2c3c(cnc2c1=O)N1CC[C@@H](N)[C@H]1COC3. The summed E-state index contributed by atoms with van der Waals surface area (Å²) in [6.45, 7) is 3.77. The smallest absolute Gasteiger partial charge is 0.343 e. The summed E-state index contributed by atoms with van der Waals surface area (Å²) in [6, 6.07) is 0.461. The van der Waals surface area contributed by atoms with Crippen molar-refractivity contribution in [3.8, 4) is 0 Å². The lowest BCUT2D eigenvalue weighted by atomic mass is 10.1. The first-order chi connectivity index (χ1) is 13.6. The van der Waals surface area contributed by atoms with Gasteiger partial charge in [-0.1, -0.05) is 0 Å². The molecule has 2 aliphatic heterocycles. The molecule has 5 rings (SSSR count). The van der Waals surface area contributed by atoms with Gasteiger partial charge in [0.2, 0.25) is 5.43 Å². The Morgan fingerprint density at radius 2 is 2.21 bits per heavy atom. The number of anilines is 1. The van der Waals surface area contributed by atoms with Crippen molar-refractivity contribution >= 4 is 22.7 Å². The Balaban J connectivity index is 1.75. The van der Waals surface area contributed by atoms with Crippen molar-refractivity contribution in [3.05, 3.63) is 33.7 Å². The predicted molar refractivity (Wildman–Crippen MR) is 104 cm³/mol. The topological polar surface area (TPSA) is 99.7 Å². The van der Waals surface area contributed by atoms with E-state index in [0.29, 0.717) is 18.7 Å². The van der Waals surface area contributed by atoms with Crippen molar-refractivity contribution in [2.45, 2.75) is 50.9 Å². The molecule has 8 heteroatoms. The van der Waals surface area contributed by atoms with E-state index >= 15 is 0 Å². The molecule has 0 bridgehead atoms. The number of hydrogen-bond donors (Lipinski definition) is 1. The monoisotopic (exact) mass is 384 g/mol. The zero-order valence-electron chi connectivity index (χ0n) is 15.9. The van der Waals surface area contributed by atoms with Gasteiger partial charge in [0.25, 0.3) is 0 Å². The largest absolute Gasteiger partial charge is 0.462 e. The van der Waals surface area contributed by atoms with E-state index in [0.717, 1.165) is 42.6 Å². The van der Waals surface area contributed by atoms with Gasteiger partial charge >= 0.3 is 5.97 Å². The van der Waals surface area contributed by atoms with Gasteiger partial charge in [-0.3, -0.25) is 4.79 Å². The van der Waals surface area contributed by atoms with Gasteiger partial charge in [0.1, 0.15) is 11.1 Å². The molecule has 2 N–H and O–H groups in total. The number of nitrogens with zero attached hydrogens (tertiary/aromatic N) is 3. The van der Waals surface area contributed by atoms with Crippen molar-refractivity contribution in [2.75, 3.05) is 24.7 Å². The number of nitrogens with two attached hydrogens (primary N) is 1. The van der Waals surface area contributed by atoms with E-state index in [9.17, 15) is 9.59 Å². The van der Waals surface area contributed by atoms with Crippen LogP contribution < -0.4 is 16.1 Å². The summed E-state index contributed by atoms with van der Waals surface area (Å²) >= 11 is 0. The van der Waals surface area contributed by atoms with E-state index in [4.69, 9.17) is 15.2 Å². The van der Waals surface area contributed by atoms with E-state index < -0.39 is 5.97 Å². The summed E-state index contributed by atoms with van der Waals surface area (Å²) in [5, 5.41) is 0. The number of fused-ring (bicyclic) bond motifs is 5. The second-order valence-corrected chi connectivity index (χ2v) is 7.78. The summed E-state index contributed by atoms with van der Waals surface area (Å²) < 4.78 is 13.1. The number of carbonyl (C=O) groups excluding carboxylic acids is 1. The van der Waals surface area contributed by atoms with Gasteiger partial charge in [-0.05, 0) is 26.2 Å². The Hall–Kier alpha value is -2.45. The van der Waals surface area contributed by atoms with Crippen LogP contribution in [0.2, 0.25) is 0 Å². The van der Waals surface area contributed by atoms with Crippen molar-refractivity contribution in [2.24, 2.45) is 5.73 Å². The lowest BCUT2D eigenvalue weighted by Crippen LogP contribution is -2.42. The number of aromatic nitrogens is 2. The third-order valence-electron chi connectivity index (χ3n) is 6.00. The van der Waals surface area contributed by atoms with Gasteiger partial charge in [0.15, 0.2) is 0 Å². The summed E-state index contributed by atoms with van der Waals surface area (Å²) in [7, 11) is 0. The zero-order chi connectivity index (χ0) is 19.4. The molecule has 2 fully saturated rings. The van der Waals surface area contributed by atoms with Crippen molar-refractivity contribution < 1.29 is 14.3 Å². The van der Waals surface area contributed by atoms with Crippen molar-refractivity contribution in [1.29, 1.82) is 0 Å². The quantitative estimate of drug-likeness (QED) is 0.797. The molecule has 28 heavy (non-hydrogen) atoms. The molecule has 148 valence electrons. The Morgan fingerprint density at radius 1 is 1.39 bits per heavy atom. The van der Waals surface area contributed by atoms with Crippen molar-refractivity contribution in [3.63, 3.8) is 0 Å². The summed E-state index contributed by atoms with van der Waals surface area (Å²) in [5.74, 6) is -0.595. The Kier molecular flexibility index (Phi) is 4.13. The molecule has 4 heterocycles. The highest BCUT2D eigenvalue weighted by Gasteiger charge is 2.37. The second kappa shape index (κ2) is 6.56. The fourth-order valence-electron chi connectivity index (χ4n) is 4.42. The highest BCUT2D eigenvalue weighted by molar-refractivity contribution is 5.94. The first kappa shape index (κ1) is 17.6. The molecule has 8 nitrogen and oxygen atoms in total. The summed E-state index contributed by atoms with van der Waals surface area (Å²) in [5.41, 5.74) is 8.97. The van der Waals surface area contributed by atoms with E-state index in [2.05, 4.69) is 9.88 Å². The second-order valence-electron chi connectivity index (χ2n) is 7.78. The van der Waals surface area contributed by atoms with E-state index in [-0.39, 0.29) is 35.7 Å². The maximum absolute atomic E-state index is 13.0. The molecule has 2 atom stereocenters.